The lowest BCUT2D eigenvalue weighted by Gasteiger charge is -2.16. The van der Waals surface area contributed by atoms with Crippen LogP contribution in [0.25, 0.3) is 0 Å². The van der Waals surface area contributed by atoms with E-state index in [0.717, 1.165) is 6.07 Å². The molecule has 1 rings (SSSR count). The molecule has 0 aliphatic heterocycles. The predicted molar refractivity (Wildman–Crippen MR) is 49.1 cm³/mol. The highest BCUT2D eigenvalue weighted by molar-refractivity contribution is 5.29. The fourth-order valence-corrected chi connectivity index (χ4v) is 1.31. The van der Waals surface area contributed by atoms with Crippen LogP contribution >= 0.6 is 0 Å². The number of nitrogens with one attached hydrogen (secondary N) is 1. The van der Waals surface area contributed by atoms with Gasteiger partial charge in [0.05, 0.1) is 0 Å². The molecule has 1 aromatic carbocycles. The van der Waals surface area contributed by atoms with E-state index in [1.54, 1.807) is 13.1 Å². The van der Waals surface area contributed by atoms with Gasteiger partial charge in [-0.05, 0) is 18.2 Å². The molecule has 0 saturated carbocycles. The van der Waals surface area contributed by atoms with Crippen LogP contribution in [-0.2, 0) is 6.54 Å². The van der Waals surface area contributed by atoms with Crippen molar-refractivity contribution >= 4 is 0 Å². The number of hydrogen-bond acceptors (Lipinski definition) is 1. The summed E-state index contributed by atoms with van der Waals surface area (Å²) < 4.78 is 49.6. The average Bonchev–Trinajstić information content (AvgIpc) is 2.17. The van der Waals surface area contributed by atoms with Gasteiger partial charge in [0.15, 0.2) is 0 Å². The third-order valence-corrected chi connectivity index (χ3v) is 1.98. The fourth-order valence-electron chi connectivity index (χ4n) is 1.31. The molecular formula is C10H11F4N. The Balaban J connectivity index is 3.02. The van der Waals surface area contributed by atoms with Crippen molar-refractivity contribution in [2.45, 2.75) is 18.9 Å². The second kappa shape index (κ2) is 4.61. The maximum absolute atomic E-state index is 13.1. The zero-order valence-corrected chi connectivity index (χ0v) is 8.11. The SMILES string of the molecule is CNCc1ccccc1C(F)C(F)(F)F. The molecule has 1 N–H and O–H groups in total. The van der Waals surface area contributed by atoms with Gasteiger partial charge in [0.25, 0.3) is 0 Å². The summed E-state index contributed by atoms with van der Waals surface area (Å²) in [5.74, 6) is 0. The first-order chi connectivity index (χ1) is 6.96. The van der Waals surface area contributed by atoms with Crippen LogP contribution in [0.3, 0.4) is 0 Å². The zero-order valence-electron chi connectivity index (χ0n) is 8.11. The number of rotatable bonds is 3. The lowest BCUT2D eigenvalue weighted by Crippen LogP contribution is -2.19. The highest BCUT2D eigenvalue weighted by Gasteiger charge is 2.42. The first kappa shape index (κ1) is 12.0. The molecule has 0 spiro atoms. The Kier molecular flexibility index (Phi) is 3.68. The van der Waals surface area contributed by atoms with E-state index in [1.807, 2.05) is 0 Å². The lowest BCUT2D eigenvalue weighted by molar-refractivity contribution is -0.183. The zero-order chi connectivity index (χ0) is 11.5. The molecule has 84 valence electrons. The molecule has 0 aliphatic rings. The molecule has 1 atom stereocenters. The summed E-state index contributed by atoms with van der Waals surface area (Å²) in [6, 6.07) is 5.61. The minimum absolute atomic E-state index is 0.215. The van der Waals surface area contributed by atoms with Gasteiger partial charge in [-0.25, -0.2) is 4.39 Å². The molecule has 0 aromatic heterocycles. The predicted octanol–water partition coefficient (Wildman–Crippen LogP) is 2.98. The topological polar surface area (TPSA) is 12.0 Å². The van der Waals surface area contributed by atoms with E-state index in [0.29, 0.717) is 5.56 Å². The van der Waals surface area contributed by atoms with Gasteiger partial charge >= 0.3 is 6.18 Å². The molecule has 0 aliphatic carbocycles. The Labute approximate surface area is 85.1 Å². The van der Waals surface area contributed by atoms with Gasteiger partial charge in [-0.2, -0.15) is 13.2 Å². The van der Waals surface area contributed by atoms with Crippen molar-refractivity contribution in [2.24, 2.45) is 0 Å². The van der Waals surface area contributed by atoms with Crippen molar-refractivity contribution in [1.29, 1.82) is 0 Å². The molecule has 5 heteroatoms. The summed E-state index contributed by atoms with van der Waals surface area (Å²) in [5.41, 5.74) is 0.00387. The van der Waals surface area contributed by atoms with Crippen LogP contribution in [0.2, 0.25) is 0 Å². The molecule has 1 unspecified atom stereocenters. The quantitative estimate of drug-likeness (QED) is 0.774. The van der Waals surface area contributed by atoms with E-state index in [4.69, 9.17) is 0 Å². The highest BCUT2D eigenvalue weighted by atomic mass is 19.4. The molecule has 0 bridgehead atoms. The van der Waals surface area contributed by atoms with Crippen molar-refractivity contribution < 1.29 is 17.6 Å². The second-order valence-corrected chi connectivity index (χ2v) is 3.13. The van der Waals surface area contributed by atoms with Gasteiger partial charge in [0.1, 0.15) is 0 Å². The Bertz CT molecular complexity index is 321. The largest absolute Gasteiger partial charge is 0.423 e. The Morgan fingerprint density at radius 3 is 2.40 bits per heavy atom. The standard InChI is InChI=1S/C10H11F4N/c1-15-6-7-4-2-3-5-8(7)9(11)10(12,13)14/h2-5,9,15H,6H2,1H3. The first-order valence-electron chi connectivity index (χ1n) is 4.40. The average molecular weight is 221 g/mol. The van der Waals surface area contributed by atoms with Crippen LogP contribution in [0.4, 0.5) is 17.6 Å². The monoisotopic (exact) mass is 221 g/mol. The van der Waals surface area contributed by atoms with Crippen LogP contribution in [0.5, 0.6) is 0 Å². The first-order valence-corrected chi connectivity index (χ1v) is 4.40. The number of benzene rings is 1. The third-order valence-electron chi connectivity index (χ3n) is 1.98. The number of halogens is 4. The number of hydrogen-bond donors (Lipinski definition) is 1. The van der Waals surface area contributed by atoms with Crippen molar-refractivity contribution in [2.75, 3.05) is 7.05 Å². The molecule has 0 radical (unpaired) electrons. The maximum Gasteiger partial charge on any atom is 0.423 e. The van der Waals surface area contributed by atoms with E-state index in [2.05, 4.69) is 5.32 Å². The van der Waals surface area contributed by atoms with E-state index < -0.39 is 12.3 Å². The summed E-state index contributed by atoms with van der Waals surface area (Å²) in [4.78, 5) is 0. The summed E-state index contributed by atoms with van der Waals surface area (Å²) in [6.45, 7) is 0.215. The molecule has 0 saturated heterocycles. The molecule has 0 heterocycles. The van der Waals surface area contributed by atoms with Gasteiger partial charge in [-0.3, -0.25) is 0 Å². The van der Waals surface area contributed by atoms with Crippen molar-refractivity contribution in [3.63, 3.8) is 0 Å². The van der Waals surface area contributed by atoms with E-state index in [-0.39, 0.29) is 12.1 Å². The van der Waals surface area contributed by atoms with E-state index in [9.17, 15) is 17.6 Å². The van der Waals surface area contributed by atoms with Gasteiger partial charge in [-0.1, -0.05) is 24.3 Å². The number of alkyl halides is 4. The van der Waals surface area contributed by atoms with Crippen LogP contribution < -0.4 is 5.32 Å². The van der Waals surface area contributed by atoms with Gasteiger partial charge < -0.3 is 5.32 Å². The summed E-state index contributed by atoms with van der Waals surface area (Å²) >= 11 is 0. The van der Waals surface area contributed by atoms with Gasteiger partial charge in [0.2, 0.25) is 6.17 Å². The Morgan fingerprint density at radius 1 is 1.27 bits per heavy atom. The normalized spacial score (nSPS) is 13.9. The van der Waals surface area contributed by atoms with Crippen molar-refractivity contribution in [3.05, 3.63) is 35.4 Å². The summed E-state index contributed by atoms with van der Waals surface area (Å²) in [6.07, 6.45) is -7.76. The smallest absolute Gasteiger partial charge is 0.316 e. The van der Waals surface area contributed by atoms with Crippen LogP contribution in [0.1, 0.15) is 17.3 Å². The summed E-state index contributed by atoms with van der Waals surface area (Å²) in [5, 5.41) is 2.70. The highest BCUT2D eigenvalue weighted by Crippen LogP contribution is 2.37. The molecule has 1 aromatic rings. The fraction of sp³-hybridized carbons (Fsp3) is 0.400. The van der Waals surface area contributed by atoms with Crippen LogP contribution in [0, 0.1) is 0 Å². The molecule has 0 amide bonds. The Morgan fingerprint density at radius 2 is 1.87 bits per heavy atom. The molecule has 15 heavy (non-hydrogen) atoms. The minimum atomic E-state index is -4.84. The maximum atomic E-state index is 13.1. The molecule has 0 fully saturated rings. The third kappa shape index (κ3) is 2.92. The Hall–Kier alpha value is -1.10. The van der Waals surface area contributed by atoms with E-state index >= 15 is 0 Å². The second-order valence-electron chi connectivity index (χ2n) is 3.13. The van der Waals surface area contributed by atoms with E-state index in [1.165, 1.54) is 12.1 Å². The van der Waals surface area contributed by atoms with Crippen molar-refractivity contribution in [3.8, 4) is 0 Å². The summed E-state index contributed by atoms with van der Waals surface area (Å²) in [7, 11) is 1.59. The molecular weight excluding hydrogens is 210 g/mol. The minimum Gasteiger partial charge on any atom is -0.316 e. The van der Waals surface area contributed by atoms with Gasteiger partial charge in [0, 0.05) is 6.54 Å². The molecule has 1 nitrogen and oxygen atoms in total. The van der Waals surface area contributed by atoms with Gasteiger partial charge in [-0.15, -0.1) is 0 Å². The van der Waals surface area contributed by atoms with Crippen molar-refractivity contribution in [1.82, 2.24) is 5.32 Å². The lowest BCUT2D eigenvalue weighted by atomic mass is 10.0. The van der Waals surface area contributed by atoms with Crippen LogP contribution in [-0.4, -0.2) is 13.2 Å². The van der Waals surface area contributed by atoms with Crippen LogP contribution in [0.15, 0.2) is 24.3 Å².